The van der Waals surface area contributed by atoms with Crippen LogP contribution < -0.4 is 5.32 Å². The smallest absolute Gasteiger partial charge is 0.249 e. The molecule has 1 saturated heterocycles. The first-order valence-corrected chi connectivity index (χ1v) is 24.7. The van der Waals surface area contributed by atoms with E-state index in [4.69, 9.17) is 9.47 Å². The SMILES string of the molecule is CCCC/C=C/CC/C=C/CCCC(O)C(O)C(COC1OC(CO)C(O)C(O)C1O)NC(=O)C(O)CCCCCCCCCCCCCCCCCCCCCCCC. The molecule has 1 fully saturated rings. The van der Waals surface area contributed by atoms with Crippen LogP contribution in [0.25, 0.3) is 0 Å². The summed E-state index contributed by atoms with van der Waals surface area (Å²) in [5, 5.41) is 75.6. The Morgan fingerprint density at radius 1 is 0.567 bits per heavy atom. The molecule has 0 saturated carbocycles. The fraction of sp³-hybridized carbons (Fsp3) is 0.898. The molecule has 8 N–H and O–H groups in total. The van der Waals surface area contributed by atoms with E-state index in [2.05, 4.69) is 43.5 Å². The molecule has 0 aromatic rings. The predicted molar refractivity (Wildman–Crippen MR) is 242 cm³/mol. The summed E-state index contributed by atoms with van der Waals surface area (Å²) in [6.45, 7) is 3.37. The number of nitrogens with one attached hydrogen (secondary N) is 1. The molecule has 1 aliphatic heterocycles. The molecule has 0 radical (unpaired) electrons. The molecule has 1 rings (SSSR count). The molecule has 1 aliphatic rings. The van der Waals surface area contributed by atoms with Gasteiger partial charge in [0.05, 0.1) is 25.4 Å². The van der Waals surface area contributed by atoms with Gasteiger partial charge in [-0.05, 0) is 44.9 Å². The van der Waals surface area contributed by atoms with E-state index in [9.17, 15) is 40.5 Å². The summed E-state index contributed by atoms with van der Waals surface area (Å²) in [5.74, 6) is -0.709. The van der Waals surface area contributed by atoms with Crippen molar-refractivity contribution in [3.63, 3.8) is 0 Å². The Morgan fingerprint density at radius 3 is 1.47 bits per heavy atom. The van der Waals surface area contributed by atoms with E-state index in [1.807, 2.05) is 0 Å². The van der Waals surface area contributed by atoms with Gasteiger partial charge in [-0.15, -0.1) is 0 Å². The highest BCUT2D eigenvalue weighted by Gasteiger charge is 2.44. The molecule has 1 amide bonds. The van der Waals surface area contributed by atoms with Crippen molar-refractivity contribution in [2.24, 2.45) is 0 Å². The highest BCUT2D eigenvalue weighted by atomic mass is 16.7. The molecule has 9 unspecified atom stereocenters. The first kappa shape index (κ1) is 56.6. The Bertz CT molecular complexity index is 1030. The van der Waals surface area contributed by atoms with Gasteiger partial charge in [-0.25, -0.2) is 0 Å². The van der Waals surface area contributed by atoms with Gasteiger partial charge in [-0.2, -0.15) is 0 Å². The Balaban J connectivity index is 2.35. The van der Waals surface area contributed by atoms with Crippen molar-refractivity contribution >= 4 is 5.91 Å². The minimum absolute atomic E-state index is 0.247. The van der Waals surface area contributed by atoms with Gasteiger partial charge in [-0.1, -0.05) is 192 Å². The van der Waals surface area contributed by atoms with Gasteiger partial charge < -0.3 is 50.5 Å². The zero-order chi connectivity index (χ0) is 44.1. The van der Waals surface area contributed by atoms with Crippen LogP contribution in [-0.2, 0) is 14.3 Å². The maximum absolute atomic E-state index is 13.1. The molecule has 60 heavy (non-hydrogen) atoms. The van der Waals surface area contributed by atoms with Crippen molar-refractivity contribution in [1.29, 1.82) is 0 Å². The van der Waals surface area contributed by atoms with Crippen molar-refractivity contribution < 1.29 is 50.0 Å². The Morgan fingerprint density at radius 2 is 1.00 bits per heavy atom. The van der Waals surface area contributed by atoms with E-state index in [1.54, 1.807) is 0 Å². The van der Waals surface area contributed by atoms with E-state index in [1.165, 1.54) is 128 Å². The number of amides is 1. The lowest BCUT2D eigenvalue weighted by Crippen LogP contribution is -2.60. The van der Waals surface area contributed by atoms with Crippen molar-refractivity contribution in [1.82, 2.24) is 5.32 Å². The first-order chi connectivity index (χ1) is 29.2. The molecule has 354 valence electrons. The van der Waals surface area contributed by atoms with Crippen LogP contribution in [0.2, 0.25) is 0 Å². The topological polar surface area (TPSA) is 189 Å². The summed E-state index contributed by atoms with van der Waals surface area (Å²) in [6, 6.07) is -1.19. The molecular formula is C49H93NO10. The van der Waals surface area contributed by atoms with Gasteiger partial charge in [0.15, 0.2) is 6.29 Å². The third-order valence-electron chi connectivity index (χ3n) is 12.0. The van der Waals surface area contributed by atoms with E-state index >= 15 is 0 Å². The molecule has 0 aliphatic carbocycles. The standard InChI is InChI=1S/C49H93NO10/c1-3-5-7-9-11-13-15-16-17-18-19-20-21-22-23-24-25-27-29-31-33-35-37-42(53)48(58)50-40(39-59-49-47(57)46(56)45(55)43(38-51)60-49)44(54)41(52)36-34-32-30-28-26-14-12-10-8-6-4-2/h10,12,28,30,40-47,49,51-57H,3-9,11,13-27,29,31-39H2,1-2H3,(H,50,58)/b12-10+,30-28+. The van der Waals surface area contributed by atoms with Crippen molar-refractivity contribution in [2.75, 3.05) is 13.2 Å². The molecule has 1 heterocycles. The summed E-state index contributed by atoms with van der Waals surface area (Å²) >= 11 is 0. The minimum atomic E-state index is -1.67. The second-order valence-corrected chi connectivity index (χ2v) is 17.5. The van der Waals surface area contributed by atoms with Gasteiger partial charge in [-0.3, -0.25) is 4.79 Å². The Hall–Kier alpha value is -1.41. The zero-order valence-electron chi connectivity index (χ0n) is 38.2. The molecule has 0 spiro atoms. The largest absolute Gasteiger partial charge is 0.394 e. The van der Waals surface area contributed by atoms with Crippen molar-refractivity contribution in [2.45, 2.75) is 268 Å². The van der Waals surface area contributed by atoms with Crippen LogP contribution in [0.4, 0.5) is 0 Å². The van der Waals surface area contributed by atoms with E-state index in [0.717, 1.165) is 38.5 Å². The maximum Gasteiger partial charge on any atom is 0.249 e. The lowest BCUT2D eigenvalue weighted by atomic mass is 9.98. The quantitative estimate of drug-likeness (QED) is 0.0218. The molecule has 9 atom stereocenters. The number of rotatable bonds is 41. The second kappa shape index (κ2) is 39.2. The van der Waals surface area contributed by atoms with Crippen molar-refractivity contribution in [3.05, 3.63) is 24.3 Å². The molecular weight excluding hydrogens is 763 g/mol. The number of ether oxygens (including phenoxy) is 2. The number of aliphatic hydroxyl groups excluding tert-OH is 7. The molecule has 11 nitrogen and oxygen atoms in total. The van der Waals surface area contributed by atoms with Gasteiger partial charge in [0.2, 0.25) is 5.91 Å². The number of carbonyl (C=O) groups is 1. The summed E-state index contributed by atoms with van der Waals surface area (Å²) in [7, 11) is 0. The third-order valence-corrected chi connectivity index (χ3v) is 12.0. The fourth-order valence-corrected chi connectivity index (χ4v) is 7.86. The second-order valence-electron chi connectivity index (χ2n) is 17.5. The number of hydrogen-bond donors (Lipinski definition) is 8. The predicted octanol–water partition coefficient (Wildman–Crippen LogP) is 8.62. The van der Waals surface area contributed by atoms with Crippen molar-refractivity contribution in [3.8, 4) is 0 Å². The van der Waals surface area contributed by atoms with E-state index < -0.39 is 74.2 Å². The van der Waals surface area contributed by atoms with Crippen LogP contribution in [-0.4, -0.2) is 110 Å². The highest BCUT2D eigenvalue weighted by molar-refractivity contribution is 5.80. The molecule has 0 aromatic heterocycles. The number of hydrogen-bond acceptors (Lipinski definition) is 10. The van der Waals surface area contributed by atoms with Crippen LogP contribution in [0.15, 0.2) is 24.3 Å². The van der Waals surface area contributed by atoms with Crippen LogP contribution in [0, 0.1) is 0 Å². The highest BCUT2D eigenvalue weighted by Crippen LogP contribution is 2.23. The number of carbonyl (C=O) groups excluding carboxylic acids is 1. The number of unbranched alkanes of at least 4 members (excludes halogenated alkanes) is 25. The monoisotopic (exact) mass is 856 g/mol. The lowest BCUT2D eigenvalue weighted by molar-refractivity contribution is -0.303. The van der Waals surface area contributed by atoms with Gasteiger partial charge >= 0.3 is 0 Å². The van der Waals surface area contributed by atoms with Gasteiger partial charge in [0, 0.05) is 0 Å². The molecule has 0 bridgehead atoms. The zero-order valence-corrected chi connectivity index (χ0v) is 38.2. The summed E-state index contributed by atoms with van der Waals surface area (Å²) in [6.07, 6.45) is 32.5. The maximum atomic E-state index is 13.1. The summed E-state index contributed by atoms with van der Waals surface area (Å²) in [4.78, 5) is 13.1. The molecule has 11 heteroatoms. The average Bonchev–Trinajstić information content (AvgIpc) is 3.25. The Labute approximate surface area is 365 Å². The third kappa shape index (κ3) is 28.3. The van der Waals surface area contributed by atoms with Gasteiger partial charge in [0.1, 0.15) is 36.6 Å². The summed E-state index contributed by atoms with van der Waals surface area (Å²) < 4.78 is 11.1. The summed E-state index contributed by atoms with van der Waals surface area (Å²) in [5.41, 5.74) is 0. The lowest BCUT2D eigenvalue weighted by Gasteiger charge is -2.40. The Kier molecular flexibility index (Phi) is 37.0. The number of aliphatic hydroxyl groups is 7. The van der Waals surface area contributed by atoms with Crippen LogP contribution in [0.1, 0.15) is 213 Å². The van der Waals surface area contributed by atoms with Crippen LogP contribution in [0.3, 0.4) is 0 Å². The normalized spacial score (nSPS) is 21.8. The van der Waals surface area contributed by atoms with Crippen LogP contribution in [0.5, 0.6) is 0 Å². The number of allylic oxidation sites excluding steroid dienone is 4. The minimum Gasteiger partial charge on any atom is -0.394 e. The van der Waals surface area contributed by atoms with E-state index in [-0.39, 0.29) is 12.8 Å². The van der Waals surface area contributed by atoms with Gasteiger partial charge in [0.25, 0.3) is 0 Å². The fourth-order valence-electron chi connectivity index (χ4n) is 7.86. The molecule has 0 aromatic carbocycles. The van der Waals surface area contributed by atoms with E-state index in [0.29, 0.717) is 19.3 Å². The average molecular weight is 856 g/mol. The van der Waals surface area contributed by atoms with Crippen LogP contribution >= 0.6 is 0 Å². The first-order valence-electron chi connectivity index (χ1n) is 24.7.